The van der Waals surface area contributed by atoms with E-state index in [0.717, 1.165) is 17.3 Å². The first-order valence-electron chi connectivity index (χ1n) is 6.87. The van der Waals surface area contributed by atoms with Gasteiger partial charge in [-0.2, -0.15) is 0 Å². The maximum absolute atomic E-state index is 12.0. The monoisotopic (exact) mass is 359 g/mol. The molecule has 0 saturated heterocycles. The molecule has 5 nitrogen and oxygen atoms in total. The van der Waals surface area contributed by atoms with Crippen LogP contribution in [0, 0.1) is 0 Å². The van der Waals surface area contributed by atoms with Crippen molar-refractivity contribution < 1.29 is 19.0 Å². The van der Waals surface area contributed by atoms with E-state index >= 15 is 0 Å². The molecule has 0 bridgehead atoms. The van der Waals surface area contributed by atoms with Gasteiger partial charge in [-0.15, -0.1) is 0 Å². The van der Waals surface area contributed by atoms with Crippen LogP contribution < -0.4 is 10.1 Å². The molecule has 21 heavy (non-hydrogen) atoms. The quantitative estimate of drug-likeness (QED) is 0.652. The Bertz CT molecular complexity index is 440. The number of rotatable bonds is 10. The van der Waals surface area contributed by atoms with Crippen molar-refractivity contribution in [3.63, 3.8) is 0 Å². The van der Waals surface area contributed by atoms with Crippen molar-refractivity contribution in [3.05, 3.63) is 28.2 Å². The topological polar surface area (TPSA) is 56.8 Å². The van der Waals surface area contributed by atoms with Crippen molar-refractivity contribution in [2.24, 2.45) is 0 Å². The van der Waals surface area contributed by atoms with Gasteiger partial charge in [0.2, 0.25) is 0 Å². The summed E-state index contributed by atoms with van der Waals surface area (Å²) in [6.45, 7) is 2.55. The molecule has 6 heteroatoms. The summed E-state index contributed by atoms with van der Waals surface area (Å²) >= 11 is 3.37. The zero-order chi connectivity index (χ0) is 15.5. The average molecular weight is 360 g/mol. The van der Waals surface area contributed by atoms with E-state index in [2.05, 4.69) is 21.2 Å². The molecular weight excluding hydrogens is 338 g/mol. The minimum Gasteiger partial charge on any atom is -0.496 e. The van der Waals surface area contributed by atoms with Gasteiger partial charge in [-0.25, -0.2) is 0 Å². The lowest BCUT2D eigenvalue weighted by atomic mass is 10.2. The third-order valence-corrected chi connectivity index (χ3v) is 3.47. The fourth-order valence-electron chi connectivity index (χ4n) is 1.69. The van der Waals surface area contributed by atoms with E-state index in [1.54, 1.807) is 32.4 Å². The number of amides is 1. The summed E-state index contributed by atoms with van der Waals surface area (Å²) in [5, 5.41) is 2.88. The van der Waals surface area contributed by atoms with Crippen molar-refractivity contribution in [2.45, 2.75) is 12.8 Å². The molecule has 0 aliphatic rings. The maximum Gasteiger partial charge on any atom is 0.251 e. The van der Waals surface area contributed by atoms with E-state index in [9.17, 15) is 4.79 Å². The summed E-state index contributed by atoms with van der Waals surface area (Å²) in [5.74, 6) is 0.624. The van der Waals surface area contributed by atoms with Gasteiger partial charge in [0.1, 0.15) is 5.75 Å². The van der Waals surface area contributed by atoms with Gasteiger partial charge in [-0.05, 0) is 47.0 Å². The molecule has 1 rings (SSSR count). The van der Waals surface area contributed by atoms with Crippen LogP contribution in [0.25, 0.3) is 0 Å². The number of hydrogen-bond acceptors (Lipinski definition) is 4. The highest BCUT2D eigenvalue weighted by atomic mass is 79.9. The van der Waals surface area contributed by atoms with E-state index in [1.165, 1.54) is 0 Å². The molecule has 0 radical (unpaired) electrons. The fourth-order valence-corrected chi connectivity index (χ4v) is 2.23. The second-order valence-electron chi connectivity index (χ2n) is 4.42. The van der Waals surface area contributed by atoms with E-state index in [-0.39, 0.29) is 5.91 Å². The summed E-state index contributed by atoms with van der Waals surface area (Å²) < 4.78 is 16.1. The van der Waals surface area contributed by atoms with E-state index in [1.807, 2.05) is 0 Å². The molecule has 0 atom stereocenters. The minimum atomic E-state index is -0.0846. The highest BCUT2D eigenvalue weighted by molar-refractivity contribution is 9.10. The lowest BCUT2D eigenvalue weighted by Gasteiger charge is -2.08. The van der Waals surface area contributed by atoms with Crippen LogP contribution in [0.5, 0.6) is 5.75 Å². The van der Waals surface area contributed by atoms with Gasteiger partial charge >= 0.3 is 0 Å². The van der Waals surface area contributed by atoms with Crippen LogP contribution in [0.15, 0.2) is 22.7 Å². The van der Waals surface area contributed by atoms with Crippen molar-refractivity contribution >= 4 is 21.8 Å². The predicted molar refractivity (Wildman–Crippen MR) is 85.0 cm³/mol. The molecule has 1 aromatic rings. The first-order valence-corrected chi connectivity index (χ1v) is 7.66. The lowest BCUT2D eigenvalue weighted by molar-refractivity contribution is 0.0686. The number of halogens is 1. The Labute approximate surface area is 134 Å². The molecule has 0 spiro atoms. The van der Waals surface area contributed by atoms with Gasteiger partial charge in [0.25, 0.3) is 5.91 Å². The van der Waals surface area contributed by atoms with Crippen LogP contribution in [0.3, 0.4) is 0 Å². The fraction of sp³-hybridized carbons (Fsp3) is 0.533. The van der Waals surface area contributed by atoms with Crippen LogP contribution in [0.2, 0.25) is 0 Å². The molecule has 0 fully saturated rings. The molecule has 0 unspecified atom stereocenters. The van der Waals surface area contributed by atoms with E-state index in [0.29, 0.717) is 37.7 Å². The molecule has 0 aromatic heterocycles. The van der Waals surface area contributed by atoms with E-state index in [4.69, 9.17) is 14.2 Å². The number of carbonyl (C=O) groups excluding carboxylic acids is 1. The largest absolute Gasteiger partial charge is 0.496 e. The molecule has 1 aromatic carbocycles. The third-order valence-electron chi connectivity index (χ3n) is 2.85. The van der Waals surface area contributed by atoms with Crippen molar-refractivity contribution in [3.8, 4) is 5.75 Å². The van der Waals surface area contributed by atoms with Gasteiger partial charge in [0.05, 0.1) is 24.8 Å². The summed E-state index contributed by atoms with van der Waals surface area (Å²) in [7, 11) is 3.24. The number of carbonyl (C=O) groups is 1. The molecular formula is C15H22BrNO4. The molecule has 0 saturated carbocycles. The maximum atomic E-state index is 12.0. The number of methoxy groups -OCH3 is 2. The summed E-state index contributed by atoms with van der Waals surface area (Å²) in [5.41, 5.74) is 0.610. The van der Waals surface area contributed by atoms with Gasteiger partial charge in [0, 0.05) is 25.8 Å². The molecule has 118 valence electrons. The Morgan fingerprint density at radius 1 is 1.19 bits per heavy atom. The lowest BCUT2D eigenvalue weighted by Crippen LogP contribution is -2.24. The van der Waals surface area contributed by atoms with Crippen molar-refractivity contribution in [1.29, 1.82) is 0 Å². The Morgan fingerprint density at radius 2 is 2.00 bits per heavy atom. The number of benzene rings is 1. The van der Waals surface area contributed by atoms with Crippen LogP contribution in [0.1, 0.15) is 23.2 Å². The smallest absolute Gasteiger partial charge is 0.251 e. The van der Waals surface area contributed by atoms with Crippen LogP contribution in [0.4, 0.5) is 0 Å². The standard InChI is InChI=1S/C15H22BrNO4/c1-19-9-10-21-8-4-3-7-17-15(18)12-5-6-14(20-2)13(16)11-12/h5-6,11H,3-4,7-10H2,1-2H3,(H,17,18). The van der Waals surface area contributed by atoms with Crippen LogP contribution >= 0.6 is 15.9 Å². The van der Waals surface area contributed by atoms with Gasteiger partial charge < -0.3 is 19.5 Å². The molecule has 1 N–H and O–H groups in total. The van der Waals surface area contributed by atoms with Gasteiger partial charge in [-0.1, -0.05) is 0 Å². The van der Waals surface area contributed by atoms with Crippen LogP contribution in [-0.2, 0) is 9.47 Å². The molecule has 0 aliphatic carbocycles. The molecule has 1 amide bonds. The Morgan fingerprint density at radius 3 is 2.67 bits per heavy atom. The zero-order valence-electron chi connectivity index (χ0n) is 12.5. The Hall–Kier alpha value is -1.11. The second kappa shape index (κ2) is 10.6. The van der Waals surface area contributed by atoms with Crippen LogP contribution in [-0.4, -0.2) is 46.5 Å². The first kappa shape index (κ1) is 17.9. The van der Waals surface area contributed by atoms with Gasteiger partial charge in [0.15, 0.2) is 0 Å². The SMILES string of the molecule is COCCOCCCCNC(=O)c1ccc(OC)c(Br)c1. The number of hydrogen-bond donors (Lipinski definition) is 1. The highest BCUT2D eigenvalue weighted by Crippen LogP contribution is 2.25. The molecule has 0 aliphatic heterocycles. The summed E-state index contributed by atoms with van der Waals surface area (Å²) in [6, 6.07) is 5.26. The zero-order valence-corrected chi connectivity index (χ0v) is 14.1. The summed E-state index contributed by atoms with van der Waals surface area (Å²) in [6.07, 6.45) is 1.80. The predicted octanol–water partition coefficient (Wildman–Crippen LogP) is 2.63. The van der Waals surface area contributed by atoms with Gasteiger partial charge in [-0.3, -0.25) is 4.79 Å². The first-order chi connectivity index (χ1) is 10.2. The molecule has 0 heterocycles. The number of nitrogens with one attached hydrogen (secondary N) is 1. The summed E-state index contributed by atoms with van der Waals surface area (Å²) in [4.78, 5) is 12.0. The third kappa shape index (κ3) is 6.93. The Balaban J connectivity index is 2.20. The van der Waals surface area contributed by atoms with E-state index < -0.39 is 0 Å². The Kier molecular flexibility index (Phi) is 9.05. The van der Waals surface area contributed by atoms with Crippen molar-refractivity contribution in [1.82, 2.24) is 5.32 Å². The minimum absolute atomic E-state index is 0.0846. The number of unbranched alkanes of at least 4 members (excludes halogenated alkanes) is 1. The van der Waals surface area contributed by atoms with Crippen molar-refractivity contribution in [2.75, 3.05) is 40.6 Å². The normalized spacial score (nSPS) is 10.4. The number of ether oxygens (including phenoxy) is 3. The highest BCUT2D eigenvalue weighted by Gasteiger charge is 2.08. The second-order valence-corrected chi connectivity index (χ2v) is 5.27. The average Bonchev–Trinajstić information content (AvgIpc) is 2.49.